The van der Waals surface area contributed by atoms with Gasteiger partial charge in [-0.2, -0.15) is 0 Å². The van der Waals surface area contributed by atoms with E-state index in [9.17, 15) is 4.79 Å². The molecule has 146 valence electrons. The van der Waals surface area contributed by atoms with Gasteiger partial charge in [0.05, 0.1) is 23.7 Å². The highest BCUT2D eigenvalue weighted by Crippen LogP contribution is 2.54. The van der Waals surface area contributed by atoms with Gasteiger partial charge in [-0.3, -0.25) is 9.69 Å². The maximum Gasteiger partial charge on any atom is 0.228 e. The molecule has 4 rings (SSSR count). The van der Waals surface area contributed by atoms with Gasteiger partial charge in [-0.15, -0.1) is 0 Å². The molecule has 26 heavy (non-hydrogen) atoms. The largest absolute Gasteiger partial charge is 0.384 e. The fourth-order valence-corrected chi connectivity index (χ4v) is 5.73. The number of hydrogen-bond donors (Lipinski definition) is 1. The number of nitrogens with one attached hydrogen (secondary N) is 1. The summed E-state index contributed by atoms with van der Waals surface area (Å²) >= 11 is 0. The van der Waals surface area contributed by atoms with Crippen molar-refractivity contribution in [3.05, 3.63) is 11.6 Å². The second kappa shape index (κ2) is 6.92. The van der Waals surface area contributed by atoms with Crippen molar-refractivity contribution in [1.82, 2.24) is 10.2 Å². The summed E-state index contributed by atoms with van der Waals surface area (Å²) in [7, 11) is 1.69. The zero-order valence-corrected chi connectivity index (χ0v) is 16.6. The molecule has 0 radical (unpaired) electrons. The summed E-state index contributed by atoms with van der Waals surface area (Å²) in [6.07, 6.45) is 8.04. The van der Waals surface area contributed by atoms with Gasteiger partial charge in [0, 0.05) is 45.1 Å². The summed E-state index contributed by atoms with van der Waals surface area (Å²) in [5, 5.41) is 3.28. The molecule has 5 heteroatoms. The number of nitrogens with zero attached hydrogens (tertiary/aromatic N) is 1. The molecule has 2 bridgehead atoms. The summed E-state index contributed by atoms with van der Waals surface area (Å²) in [6, 6.07) is 0. The standard InChI is InChI=1S/C21H34N2O3/c1-15(2)6-10-23-12-17-16(18-5-9-21(17,13-23)26-18)11-22-19(24)20(14-25-3)7-4-8-20/h6,16-18H,4-5,7-14H2,1-3H3,(H,22,24)/t16-,17+,18+,21+/m0/s1. The van der Waals surface area contributed by atoms with E-state index < -0.39 is 0 Å². The average molecular weight is 363 g/mol. The molecular formula is C21H34N2O3. The first-order valence-corrected chi connectivity index (χ1v) is 10.3. The monoisotopic (exact) mass is 362 g/mol. The van der Waals surface area contributed by atoms with Crippen molar-refractivity contribution < 1.29 is 14.3 Å². The van der Waals surface area contributed by atoms with Gasteiger partial charge in [0.2, 0.25) is 5.91 Å². The Morgan fingerprint density at radius 3 is 2.81 bits per heavy atom. The molecule has 4 atom stereocenters. The molecule has 1 saturated carbocycles. The molecule has 0 unspecified atom stereocenters. The van der Waals surface area contributed by atoms with Gasteiger partial charge in [-0.1, -0.05) is 18.1 Å². The molecule has 1 aliphatic carbocycles. The van der Waals surface area contributed by atoms with Crippen molar-refractivity contribution in [2.24, 2.45) is 17.3 Å². The first-order valence-electron chi connectivity index (χ1n) is 10.3. The predicted molar refractivity (Wildman–Crippen MR) is 101 cm³/mol. The van der Waals surface area contributed by atoms with Crippen LogP contribution in [0.25, 0.3) is 0 Å². The fourth-order valence-electron chi connectivity index (χ4n) is 5.73. The lowest BCUT2D eigenvalue weighted by atomic mass is 9.68. The summed E-state index contributed by atoms with van der Waals surface area (Å²) in [5.74, 6) is 1.22. The summed E-state index contributed by atoms with van der Waals surface area (Å²) < 4.78 is 11.8. The first-order chi connectivity index (χ1) is 12.5. The number of carbonyl (C=O) groups excluding carboxylic acids is 1. The molecule has 1 N–H and O–H groups in total. The number of rotatable bonds is 7. The number of allylic oxidation sites excluding steroid dienone is 1. The van der Waals surface area contributed by atoms with Gasteiger partial charge in [0.25, 0.3) is 0 Å². The van der Waals surface area contributed by atoms with E-state index in [0.29, 0.717) is 24.5 Å². The Hall–Kier alpha value is -0.910. The van der Waals surface area contributed by atoms with Gasteiger partial charge in [0.15, 0.2) is 0 Å². The van der Waals surface area contributed by atoms with E-state index in [-0.39, 0.29) is 16.9 Å². The van der Waals surface area contributed by atoms with Crippen molar-refractivity contribution in [1.29, 1.82) is 0 Å². The highest BCUT2D eigenvalue weighted by molar-refractivity contribution is 5.83. The minimum absolute atomic E-state index is 0.0518. The van der Waals surface area contributed by atoms with Crippen molar-refractivity contribution in [2.45, 2.75) is 57.7 Å². The van der Waals surface area contributed by atoms with Crippen LogP contribution < -0.4 is 5.32 Å². The molecule has 3 heterocycles. The highest BCUT2D eigenvalue weighted by atomic mass is 16.5. The predicted octanol–water partition coefficient (Wildman–Crippen LogP) is 2.36. The minimum Gasteiger partial charge on any atom is -0.384 e. The lowest BCUT2D eigenvalue weighted by molar-refractivity contribution is -0.140. The number of fused-ring (bicyclic) bond motifs is 1. The summed E-state index contributed by atoms with van der Waals surface area (Å²) in [5.41, 5.74) is 1.16. The molecule has 0 aromatic rings. The summed E-state index contributed by atoms with van der Waals surface area (Å²) in [4.78, 5) is 15.3. The van der Waals surface area contributed by atoms with E-state index in [4.69, 9.17) is 9.47 Å². The van der Waals surface area contributed by atoms with Crippen LogP contribution in [0.3, 0.4) is 0 Å². The number of amides is 1. The van der Waals surface area contributed by atoms with Gasteiger partial charge in [-0.05, 0) is 39.5 Å². The summed E-state index contributed by atoms with van der Waals surface area (Å²) in [6.45, 7) is 8.80. The Kier molecular flexibility index (Phi) is 4.91. The van der Waals surface area contributed by atoms with Crippen molar-refractivity contribution in [3.63, 3.8) is 0 Å². The van der Waals surface area contributed by atoms with Gasteiger partial charge in [0.1, 0.15) is 0 Å². The zero-order valence-electron chi connectivity index (χ0n) is 16.6. The Bertz CT molecular complexity index is 582. The SMILES string of the molecule is COCC1(C(=O)NC[C@H]2[C@H]3CN(CC=C(C)C)C[C@]34CC[C@H]2O4)CCC1. The first kappa shape index (κ1) is 18.5. The molecule has 0 aromatic carbocycles. The minimum atomic E-state index is -0.268. The Balaban J connectivity index is 1.37. The lowest BCUT2D eigenvalue weighted by Crippen LogP contribution is -2.51. The van der Waals surface area contributed by atoms with Gasteiger partial charge >= 0.3 is 0 Å². The molecule has 4 fully saturated rings. The highest BCUT2D eigenvalue weighted by Gasteiger charge is 2.62. The van der Waals surface area contributed by atoms with Gasteiger partial charge < -0.3 is 14.8 Å². The van der Waals surface area contributed by atoms with Crippen LogP contribution in [0.5, 0.6) is 0 Å². The smallest absolute Gasteiger partial charge is 0.228 e. The molecule has 1 spiro atoms. The van der Waals surface area contributed by atoms with Crippen molar-refractivity contribution in [2.75, 3.05) is 39.9 Å². The topological polar surface area (TPSA) is 50.8 Å². The average Bonchev–Trinajstić information content (AvgIpc) is 3.22. The molecule has 3 saturated heterocycles. The number of hydrogen-bond acceptors (Lipinski definition) is 4. The molecule has 5 nitrogen and oxygen atoms in total. The third-order valence-corrected chi connectivity index (χ3v) is 7.32. The second-order valence-electron chi connectivity index (χ2n) is 9.28. The third-order valence-electron chi connectivity index (χ3n) is 7.32. The van der Waals surface area contributed by atoms with Crippen LogP contribution in [0.4, 0.5) is 0 Å². The van der Waals surface area contributed by atoms with Crippen LogP contribution in [-0.2, 0) is 14.3 Å². The van der Waals surface area contributed by atoms with E-state index in [0.717, 1.165) is 51.9 Å². The Morgan fingerprint density at radius 1 is 1.35 bits per heavy atom. The molecule has 4 aliphatic rings. The quantitative estimate of drug-likeness (QED) is 0.707. The lowest BCUT2D eigenvalue weighted by Gasteiger charge is -2.40. The van der Waals surface area contributed by atoms with Crippen molar-refractivity contribution >= 4 is 5.91 Å². The van der Waals surface area contributed by atoms with Crippen LogP contribution >= 0.6 is 0 Å². The third kappa shape index (κ3) is 3.02. The molecule has 1 amide bonds. The Labute approximate surface area is 157 Å². The number of ether oxygens (including phenoxy) is 2. The van der Waals surface area contributed by atoms with E-state index in [2.05, 4.69) is 30.1 Å². The normalized spacial score (nSPS) is 37.3. The van der Waals surface area contributed by atoms with Gasteiger partial charge in [-0.25, -0.2) is 0 Å². The van der Waals surface area contributed by atoms with Crippen LogP contribution in [0, 0.1) is 17.3 Å². The van der Waals surface area contributed by atoms with E-state index in [1.165, 1.54) is 12.0 Å². The second-order valence-corrected chi connectivity index (χ2v) is 9.28. The van der Waals surface area contributed by atoms with Crippen LogP contribution in [0.1, 0.15) is 46.0 Å². The van der Waals surface area contributed by atoms with Crippen LogP contribution in [0.15, 0.2) is 11.6 Å². The fraction of sp³-hybridized carbons (Fsp3) is 0.857. The molecular weight excluding hydrogens is 328 g/mol. The number of methoxy groups -OCH3 is 1. The van der Waals surface area contributed by atoms with E-state index in [1.54, 1.807) is 7.11 Å². The van der Waals surface area contributed by atoms with Crippen LogP contribution in [-0.4, -0.2) is 62.4 Å². The maximum absolute atomic E-state index is 12.8. The molecule has 0 aromatic heterocycles. The Morgan fingerprint density at radius 2 is 2.15 bits per heavy atom. The van der Waals surface area contributed by atoms with E-state index >= 15 is 0 Å². The molecule has 3 aliphatic heterocycles. The van der Waals surface area contributed by atoms with Crippen molar-refractivity contribution in [3.8, 4) is 0 Å². The number of carbonyl (C=O) groups is 1. The van der Waals surface area contributed by atoms with Crippen LogP contribution in [0.2, 0.25) is 0 Å². The number of likely N-dealkylation sites (tertiary alicyclic amines) is 1. The maximum atomic E-state index is 12.8. The zero-order chi connectivity index (χ0) is 18.4. The van der Waals surface area contributed by atoms with E-state index in [1.807, 2.05) is 0 Å².